The van der Waals surface area contributed by atoms with Crippen molar-refractivity contribution in [3.05, 3.63) is 59.7 Å². The number of rotatable bonds is 1. The molecular weight excluding hydrogens is 222 g/mol. The molecule has 3 rings (SSSR count). The molecule has 2 nitrogen and oxygen atoms in total. The van der Waals surface area contributed by atoms with Gasteiger partial charge in [-0.3, -0.25) is 4.79 Å². The number of ketones is 1. The third-order valence-electron chi connectivity index (χ3n) is 3.90. The van der Waals surface area contributed by atoms with Crippen LogP contribution in [-0.2, 0) is 10.2 Å². The van der Waals surface area contributed by atoms with Gasteiger partial charge in [-0.2, -0.15) is 0 Å². The number of fused-ring (bicyclic) bond motifs is 2. The summed E-state index contributed by atoms with van der Waals surface area (Å²) in [5, 5.41) is 3.40. The molecule has 0 saturated carbocycles. The smallest absolute Gasteiger partial charge is 0.144 e. The van der Waals surface area contributed by atoms with Gasteiger partial charge in [0, 0.05) is 11.4 Å². The maximum atomic E-state index is 12.2. The van der Waals surface area contributed by atoms with Crippen molar-refractivity contribution in [1.82, 2.24) is 0 Å². The van der Waals surface area contributed by atoms with Crippen LogP contribution in [0.3, 0.4) is 0 Å². The first-order valence-corrected chi connectivity index (χ1v) is 6.11. The van der Waals surface area contributed by atoms with Gasteiger partial charge >= 0.3 is 0 Å². The van der Waals surface area contributed by atoms with Crippen LogP contribution in [0.15, 0.2) is 48.5 Å². The minimum atomic E-state index is -0.557. The number of carbonyl (C=O) groups is 1. The molecule has 0 atom stereocenters. The summed E-state index contributed by atoms with van der Waals surface area (Å²) in [5.74, 6) is 0.170. The van der Waals surface area contributed by atoms with Gasteiger partial charge in [-0.05, 0) is 37.1 Å². The summed E-state index contributed by atoms with van der Waals surface area (Å²) in [6.45, 7) is 3.67. The number of hydrogen-bond acceptors (Lipinski definition) is 2. The molecule has 0 saturated heterocycles. The lowest BCUT2D eigenvalue weighted by Gasteiger charge is -2.36. The second-order valence-electron chi connectivity index (χ2n) is 4.90. The maximum absolute atomic E-state index is 12.2. The van der Waals surface area contributed by atoms with Crippen LogP contribution in [-0.4, -0.2) is 5.78 Å². The van der Waals surface area contributed by atoms with E-state index in [4.69, 9.17) is 0 Å². The molecule has 18 heavy (non-hydrogen) atoms. The Hall–Kier alpha value is -2.09. The molecule has 0 bridgehead atoms. The van der Waals surface area contributed by atoms with Gasteiger partial charge in [-0.15, -0.1) is 0 Å². The lowest BCUT2D eigenvalue weighted by molar-refractivity contribution is -0.120. The third-order valence-corrected chi connectivity index (χ3v) is 3.90. The first kappa shape index (κ1) is 11.0. The average molecular weight is 237 g/mol. The third kappa shape index (κ3) is 1.32. The zero-order chi connectivity index (χ0) is 12.8. The van der Waals surface area contributed by atoms with Crippen LogP contribution >= 0.6 is 0 Å². The fourth-order valence-corrected chi connectivity index (χ4v) is 2.73. The number of hydrogen-bond donors (Lipinski definition) is 1. The Morgan fingerprint density at radius 3 is 1.83 bits per heavy atom. The molecule has 1 aliphatic heterocycles. The molecule has 0 aliphatic carbocycles. The predicted molar refractivity (Wildman–Crippen MR) is 73.3 cm³/mol. The number of Topliss-reactive ketones (excluding diaryl/α,β-unsaturated/α-hetero) is 1. The molecule has 0 fully saturated rings. The van der Waals surface area contributed by atoms with Gasteiger partial charge in [0.05, 0.1) is 5.41 Å². The lowest BCUT2D eigenvalue weighted by atomic mass is 9.70. The first-order chi connectivity index (χ1) is 8.64. The summed E-state index contributed by atoms with van der Waals surface area (Å²) in [6.07, 6.45) is 0. The van der Waals surface area contributed by atoms with Gasteiger partial charge in [0.2, 0.25) is 0 Å². The van der Waals surface area contributed by atoms with Crippen molar-refractivity contribution in [1.29, 1.82) is 0 Å². The second-order valence-corrected chi connectivity index (χ2v) is 4.90. The van der Waals surface area contributed by atoms with Crippen molar-refractivity contribution in [3.63, 3.8) is 0 Å². The van der Waals surface area contributed by atoms with Crippen molar-refractivity contribution >= 4 is 17.2 Å². The van der Waals surface area contributed by atoms with E-state index < -0.39 is 5.41 Å². The van der Waals surface area contributed by atoms with E-state index in [9.17, 15) is 4.79 Å². The molecule has 0 amide bonds. The minimum Gasteiger partial charge on any atom is -0.355 e. The molecule has 0 spiro atoms. The minimum absolute atomic E-state index is 0.170. The molecule has 2 aromatic carbocycles. The fraction of sp³-hybridized carbons (Fsp3) is 0.188. The molecule has 0 aromatic heterocycles. The van der Waals surface area contributed by atoms with Crippen molar-refractivity contribution in [3.8, 4) is 0 Å². The van der Waals surface area contributed by atoms with Gasteiger partial charge in [0.25, 0.3) is 0 Å². The molecule has 0 radical (unpaired) electrons. The van der Waals surface area contributed by atoms with Crippen molar-refractivity contribution < 1.29 is 4.79 Å². The second kappa shape index (κ2) is 3.70. The monoisotopic (exact) mass is 237 g/mol. The summed E-state index contributed by atoms with van der Waals surface area (Å²) in [6, 6.07) is 16.0. The van der Waals surface area contributed by atoms with Crippen LogP contribution in [0.25, 0.3) is 0 Å². The summed E-state index contributed by atoms with van der Waals surface area (Å²) in [5.41, 5.74) is 3.59. The fourth-order valence-electron chi connectivity index (χ4n) is 2.73. The Kier molecular flexibility index (Phi) is 2.27. The van der Waals surface area contributed by atoms with E-state index in [1.807, 2.05) is 55.5 Å². The Balaban J connectivity index is 2.34. The molecule has 0 unspecified atom stereocenters. The van der Waals surface area contributed by atoms with Gasteiger partial charge in [0.15, 0.2) is 0 Å². The largest absolute Gasteiger partial charge is 0.355 e. The number of benzene rings is 2. The Bertz CT molecular complexity index is 585. The van der Waals surface area contributed by atoms with E-state index in [0.717, 1.165) is 22.5 Å². The molecule has 90 valence electrons. The Labute approximate surface area is 107 Å². The van der Waals surface area contributed by atoms with Gasteiger partial charge in [-0.25, -0.2) is 0 Å². The summed E-state index contributed by atoms with van der Waals surface area (Å²) in [4.78, 5) is 12.2. The predicted octanol–water partition coefficient (Wildman–Crippen LogP) is 3.64. The van der Waals surface area contributed by atoms with Crippen molar-refractivity contribution in [2.24, 2.45) is 0 Å². The summed E-state index contributed by atoms with van der Waals surface area (Å²) >= 11 is 0. The van der Waals surface area contributed by atoms with Crippen LogP contribution in [0, 0.1) is 0 Å². The van der Waals surface area contributed by atoms with Crippen LogP contribution in [0.5, 0.6) is 0 Å². The maximum Gasteiger partial charge on any atom is 0.144 e. The highest BCUT2D eigenvalue weighted by molar-refractivity contribution is 5.97. The SMILES string of the molecule is CC(=O)C1(C)c2ccccc2Nc2ccccc21. The normalized spacial score (nSPS) is 15.2. The van der Waals surface area contributed by atoms with E-state index in [1.54, 1.807) is 6.92 Å². The topological polar surface area (TPSA) is 29.1 Å². The number of nitrogens with one attached hydrogen (secondary N) is 1. The molecule has 2 heteroatoms. The Morgan fingerprint density at radius 1 is 0.944 bits per heavy atom. The van der Waals surface area contributed by atoms with Crippen molar-refractivity contribution in [2.45, 2.75) is 19.3 Å². The van der Waals surface area contributed by atoms with E-state index in [2.05, 4.69) is 5.32 Å². The quantitative estimate of drug-likeness (QED) is 0.820. The van der Waals surface area contributed by atoms with Gasteiger partial charge in [0.1, 0.15) is 5.78 Å². The molecule has 1 N–H and O–H groups in total. The average Bonchev–Trinajstić information content (AvgIpc) is 2.39. The summed E-state index contributed by atoms with van der Waals surface area (Å²) in [7, 11) is 0. The number of anilines is 2. The first-order valence-electron chi connectivity index (χ1n) is 6.11. The molecule has 1 aliphatic rings. The van der Waals surface area contributed by atoms with E-state index >= 15 is 0 Å². The Morgan fingerprint density at radius 2 is 1.39 bits per heavy atom. The van der Waals surface area contributed by atoms with E-state index in [0.29, 0.717) is 0 Å². The highest BCUT2D eigenvalue weighted by Gasteiger charge is 2.40. The zero-order valence-electron chi connectivity index (χ0n) is 10.5. The van der Waals surface area contributed by atoms with Gasteiger partial charge in [-0.1, -0.05) is 36.4 Å². The number of para-hydroxylation sites is 2. The van der Waals surface area contributed by atoms with Crippen LogP contribution in [0.1, 0.15) is 25.0 Å². The van der Waals surface area contributed by atoms with E-state index in [-0.39, 0.29) is 5.78 Å². The highest BCUT2D eigenvalue weighted by Crippen LogP contribution is 2.45. The van der Waals surface area contributed by atoms with Crippen LogP contribution < -0.4 is 5.32 Å². The van der Waals surface area contributed by atoms with Crippen LogP contribution in [0.2, 0.25) is 0 Å². The number of carbonyl (C=O) groups excluding carboxylic acids is 1. The van der Waals surface area contributed by atoms with Gasteiger partial charge < -0.3 is 5.32 Å². The lowest BCUT2D eigenvalue weighted by Crippen LogP contribution is -2.35. The summed E-state index contributed by atoms with van der Waals surface area (Å²) < 4.78 is 0. The van der Waals surface area contributed by atoms with Crippen LogP contribution in [0.4, 0.5) is 11.4 Å². The highest BCUT2D eigenvalue weighted by atomic mass is 16.1. The molecule has 1 heterocycles. The molecular formula is C16H15NO. The van der Waals surface area contributed by atoms with Crippen molar-refractivity contribution in [2.75, 3.05) is 5.32 Å². The molecule has 2 aromatic rings. The standard InChI is InChI=1S/C16H15NO/c1-11(18)16(2)12-7-3-5-9-14(12)17-15-10-6-4-8-13(15)16/h3-10,17H,1-2H3. The zero-order valence-corrected chi connectivity index (χ0v) is 10.5. The van der Waals surface area contributed by atoms with E-state index in [1.165, 1.54) is 0 Å².